The van der Waals surface area contributed by atoms with Crippen molar-refractivity contribution in [1.82, 2.24) is 4.98 Å². The second kappa shape index (κ2) is 5.48. The van der Waals surface area contributed by atoms with Crippen molar-refractivity contribution in [3.8, 4) is 0 Å². The van der Waals surface area contributed by atoms with Gasteiger partial charge in [0.15, 0.2) is 0 Å². The standard InChI is InChI=1S/C14H14FN3O/c1-16-13-7-8-17-9-12(13)14(19)18(2)11-5-3-10(15)4-6-11/h3-9H,1-2H3,(H,16,17). The number of nitrogens with zero attached hydrogens (tertiary/aromatic N) is 2. The summed E-state index contributed by atoms with van der Waals surface area (Å²) < 4.78 is 12.9. The Morgan fingerprint density at radius 3 is 2.58 bits per heavy atom. The first-order valence-corrected chi connectivity index (χ1v) is 5.79. The highest BCUT2D eigenvalue weighted by Crippen LogP contribution is 2.19. The molecule has 0 unspecified atom stereocenters. The van der Waals surface area contributed by atoms with Crippen LogP contribution >= 0.6 is 0 Å². The largest absolute Gasteiger partial charge is 0.387 e. The van der Waals surface area contributed by atoms with Crippen LogP contribution in [0.1, 0.15) is 10.4 Å². The Bertz CT molecular complexity index is 583. The van der Waals surface area contributed by atoms with Crippen LogP contribution < -0.4 is 10.2 Å². The lowest BCUT2D eigenvalue weighted by Gasteiger charge is -2.18. The molecule has 98 valence electrons. The maximum absolute atomic E-state index is 12.9. The van der Waals surface area contributed by atoms with Crippen molar-refractivity contribution in [3.63, 3.8) is 0 Å². The second-order valence-corrected chi connectivity index (χ2v) is 4.01. The summed E-state index contributed by atoms with van der Waals surface area (Å²) in [6.45, 7) is 0. The summed E-state index contributed by atoms with van der Waals surface area (Å²) in [5.74, 6) is -0.536. The molecule has 1 N–H and O–H groups in total. The molecule has 0 atom stereocenters. The van der Waals surface area contributed by atoms with Crippen molar-refractivity contribution < 1.29 is 9.18 Å². The zero-order valence-corrected chi connectivity index (χ0v) is 10.7. The first-order chi connectivity index (χ1) is 9.13. The fraction of sp³-hybridized carbons (Fsp3) is 0.143. The minimum atomic E-state index is -0.332. The van der Waals surface area contributed by atoms with Gasteiger partial charge in [-0.15, -0.1) is 0 Å². The van der Waals surface area contributed by atoms with Crippen LogP contribution in [0.15, 0.2) is 42.7 Å². The van der Waals surface area contributed by atoms with Crippen molar-refractivity contribution >= 4 is 17.3 Å². The summed E-state index contributed by atoms with van der Waals surface area (Å²) in [5.41, 5.74) is 1.79. The van der Waals surface area contributed by atoms with Gasteiger partial charge in [-0.25, -0.2) is 4.39 Å². The highest BCUT2D eigenvalue weighted by molar-refractivity contribution is 6.09. The van der Waals surface area contributed by atoms with Crippen LogP contribution in [0.3, 0.4) is 0 Å². The lowest BCUT2D eigenvalue weighted by atomic mass is 10.2. The molecular formula is C14H14FN3O. The molecule has 1 aromatic heterocycles. The third kappa shape index (κ3) is 2.70. The molecule has 0 saturated carbocycles. The van der Waals surface area contributed by atoms with Gasteiger partial charge in [-0.05, 0) is 30.3 Å². The molecule has 0 bridgehead atoms. The van der Waals surface area contributed by atoms with Crippen LogP contribution in [0.2, 0.25) is 0 Å². The zero-order chi connectivity index (χ0) is 13.8. The molecule has 0 radical (unpaired) electrons. The summed E-state index contributed by atoms with van der Waals surface area (Å²) in [5, 5.41) is 2.94. The Hall–Kier alpha value is -2.43. The van der Waals surface area contributed by atoms with Gasteiger partial charge in [0.2, 0.25) is 0 Å². The normalized spacial score (nSPS) is 10.1. The van der Waals surface area contributed by atoms with E-state index < -0.39 is 0 Å². The summed E-state index contributed by atoms with van der Waals surface area (Å²) in [4.78, 5) is 17.8. The quantitative estimate of drug-likeness (QED) is 0.921. The Kier molecular flexibility index (Phi) is 3.75. The number of carbonyl (C=O) groups excluding carboxylic acids is 1. The van der Waals surface area contributed by atoms with Crippen LogP contribution in [-0.2, 0) is 0 Å². The Morgan fingerprint density at radius 1 is 1.26 bits per heavy atom. The molecule has 0 spiro atoms. The van der Waals surface area contributed by atoms with E-state index in [1.807, 2.05) is 0 Å². The van der Waals surface area contributed by atoms with Gasteiger partial charge < -0.3 is 10.2 Å². The number of rotatable bonds is 3. The van der Waals surface area contributed by atoms with Crippen molar-refractivity contribution in [1.29, 1.82) is 0 Å². The number of benzene rings is 1. The smallest absolute Gasteiger partial charge is 0.261 e. The van der Waals surface area contributed by atoms with Crippen LogP contribution in [0.25, 0.3) is 0 Å². The molecule has 0 aliphatic rings. The molecular weight excluding hydrogens is 245 g/mol. The van der Waals surface area contributed by atoms with Crippen LogP contribution in [0.4, 0.5) is 15.8 Å². The van der Waals surface area contributed by atoms with E-state index in [4.69, 9.17) is 0 Å². The van der Waals surface area contributed by atoms with Crippen LogP contribution in [0.5, 0.6) is 0 Å². The number of hydrogen-bond donors (Lipinski definition) is 1. The summed E-state index contributed by atoms with van der Waals surface area (Å²) in [7, 11) is 3.38. The first-order valence-electron chi connectivity index (χ1n) is 5.79. The highest BCUT2D eigenvalue weighted by atomic mass is 19.1. The zero-order valence-electron chi connectivity index (χ0n) is 10.7. The summed E-state index contributed by atoms with van der Waals surface area (Å²) in [6.07, 6.45) is 3.12. The van der Waals surface area contributed by atoms with Gasteiger partial charge in [0.05, 0.1) is 5.56 Å². The van der Waals surface area contributed by atoms with Crippen LogP contribution in [0, 0.1) is 5.82 Å². The summed E-state index contributed by atoms with van der Waals surface area (Å²) >= 11 is 0. The average Bonchev–Trinajstić information content (AvgIpc) is 2.46. The molecule has 19 heavy (non-hydrogen) atoms. The van der Waals surface area contributed by atoms with E-state index in [-0.39, 0.29) is 11.7 Å². The molecule has 5 heteroatoms. The third-order valence-electron chi connectivity index (χ3n) is 2.84. The van der Waals surface area contributed by atoms with Gasteiger partial charge in [-0.3, -0.25) is 9.78 Å². The fourth-order valence-electron chi connectivity index (χ4n) is 1.75. The van der Waals surface area contributed by atoms with Gasteiger partial charge in [-0.2, -0.15) is 0 Å². The first kappa shape index (κ1) is 13.0. The molecule has 0 fully saturated rings. The molecule has 0 aliphatic carbocycles. The molecule has 1 heterocycles. The van der Waals surface area contributed by atoms with E-state index in [9.17, 15) is 9.18 Å². The topological polar surface area (TPSA) is 45.2 Å². The maximum Gasteiger partial charge on any atom is 0.261 e. The van der Waals surface area contributed by atoms with E-state index >= 15 is 0 Å². The molecule has 0 aliphatic heterocycles. The number of pyridine rings is 1. The number of hydrogen-bond acceptors (Lipinski definition) is 3. The van der Waals surface area contributed by atoms with Gasteiger partial charge >= 0.3 is 0 Å². The Morgan fingerprint density at radius 2 is 1.95 bits per heavy atom. The van der Waals surface area contributed by atoms with E-state index in [0.29, 0.717) is 16.9 Å². The Balaban J connectivity index is 2.30. The average molecular weight is 259 g/mol. The van der Waals surface area contributed by atoms with Gasteiger partial charge in [0.1, 0.15) is 5.82 Å². The van der Waals surface area contributed by atoms with E-state index in [1.54, 1.807) is 38.5 Å². The van der Waals surface area contributed by atoms with Crippen molar-refractivity contribution in [2.24, 2.45) is 0 Å². The SMILES string of the molecule is CNc1ccncc1C(=O)N(C)c1ccc(F)cc1. The summed E-state index contributed by atoms with van der Waals surface area (Å²) in [6, 6.07) is 7.49. The monoisotopic (exact) mass is 259 g/mol. The van der Waals surface area contributed by atoms with Crippen molar-refractivity contribution in [2.45, 2.75) is 0 Å². The third-order valence-corrected chi connectivity index (χ3v) is 2.84. The molecule has 2 aromatic rings. The van der Waals surface area contributed by atoms with Gasteiger partial charge in [0, 0.05) is 37.9 Å². The molecule has 0 saturated heterocycles. The van der Waals surface area contributed by atoms with Crippen LogP contribution in [-0.4, -0.2) is 25.0 Å². The van der Waals surface area contributed by atoms with E-state index in [2.05, 4.69) is 10.3 Å². The molecule has 2 rings (SSSR count). The lowest BCUT2D eigenvalue weighted by Crippen LogP contribution is -2.27. The number of anilines is 2. The van der Waals surface area contributed by atoms with E-state index in [0.717, 1.165) is 0 Å². The number of aromatic nitrogens is 1. The predicted octanol–water partition coefficient (Wildman–Crippen LogP) is 2.54. The molecule has 1 aromatic carbocycles. The van der Waals surface area contributed by atoms with E-state index in [1.165, 1.54) is 23.2 Å². The minimum Gasteiger partial charge on any atom is -0.387 e. The fourth-order valence-corrected chi connectivity index (χ4v) is 1.75. The van der Waals surface area contributed by atoms with Gasteiger partial charge in [0.25, 0.3) is 5.91 Å². The molecule has 4 nitrogen and oxygen atoms in total. The minimum absolute atomic E-state index is 0.205. The Labute approximate surface area is 110 Å². The molecule has 1 amide bonds. The lowest BCUT2D eigenvalue weighted by molar-refractivity contribution is 0.0993. The predicted molar refractivity (Wildman–Crippen MR) is 72.9 cm³/mol. The van der Waals surface area contributed by atoms with Crippen molar-refractivity contribution in [3.05, 3.63) is 54.1 Å². The number of amides is 1. The second-order valence-electron chi connectivity index (χ2n) is 4.01. The number of carbonyl (C=O) groups is 1. The van der Waals surface area contributed by atoms with Gasteiger partial charge in [-0.1, -0.05) is 0 Å². The highest BCUT2D eigenvalue weighted by Gasteiger charge is 2.16. The maximum atomic E-state index is 12.9. The number of nitrogens with one attached hydrogen (secondary N) is 1. The van der Waals surface area contributed by atoms with Crippen molar-refractivity contribution in [2.75, 3.05) is 24.3 Å². The number of halogens is 1.